The van der Waals surface area contributed by atoms with Gasteiger partial charge in [0.1, 0.15) is 6.10 Å². The van der Waals surface area contributed by atoms with Gasteiger partial charge in [0.05, 0.1) is 11.0 Å². The van der Waals surface area contributed by atoms with Crippen LogP contribution in [0.4, 0.5) is 0 Å². The van der Waals surface area contributed by atoms with Gasteiger partial charge in [0.25, 0.3) is 0 Å². The average Bonchev–Trinajstić information content (AvgIpc) is 3.00. The summed E-state index contributed by atoms with van der Waals surface area (Å²) in [6.45, 7) is 1.39. The predicted octanol–water partition coefficient (Wildman–Crippen LogP) is 2.42. The van der Waals surface area contributed by atoms with Gasteiger partial charge in [0.2, 0.25) is 5.91 Å². The Kier molecular flexibility index (Phi) is 2.47. The molecule has 2 fully saturated rings. The second-order valence-corrected chi connectivity index (χ2v) is 7.31. The Balaban J connectivity index is 1.82. The lowest BCUT2D eigenvalue weighted by molar-refractivity contribution is -0.132. The third-order valence-corrected chi connectivity index (χ3v) is 6.40. The van der Waals surface area contributed by atoms with Crippen LogP contribution >= 0.6 is 0 Å². The van der Waals surface area contributed by atoms with Crippen molar-refractivity contribution in [3.63, 3.8) is 0 Å². The molecule has 1 spiro atoms. The molecule has 2 aliphatic carbocycles. The Labute approximate surface area is 140 Å². The van der Waals surface area contributed by atoms with Crippen molar-refractivity contribution in [2.24, 2.45) is 0 Å². The van der Waals surface area contributed by atoms with E-state index in [4.69, 9.17) is 9.47 Å². The van der Waals surface area contributed by atoms with Crippen LogP contribution in [-0.4, -0.2) is 35.5 Å². The molecule has 1 amide bonds. The topological polar surface area (TPSA) is 55.8 Å². The van der Waals surface area contributed by atoms with Crippen LogP contribution < -0.4 is 9.47 Å². The second kappa shape index (κ2) is 4.21. The van der Waals surface area contributed by atoms with Gasteiger partial charge >= 0.3 is 5.97 Å². The SMILES string of the molecule is CC(=O)Oc1ccc2c3c1O[C@H]1CCCC4(C=C2)N(C)C(=O)C[C@]314. The zero-order valence-electron chi connectivity index (χ0n) is 13.8. The molecule has 1 unspecified atom stereocenters. The van der Waals surface area contributed by atoms with Crippen LogP contribution in [0.2, 0.25) is 0 Å². The molecule has 24 heavy (non-hydrogen) atoms. The summed E-state index contributed by atoms with van der Waals surface area (Å²) in [6, 6.07) is 3.76. The minimum Gasteiger partial charge on any atom is -0.485 e. The number of rotatable bonds is 1. The number of likely N-dealkylation sites (N-methyl/N-ethyl adjacent to an activating group) is 1. The molecule has 0 radical (unpaired) electrons. The van der Waals surface area contributed by atoms with Crippen LogP contribution in [0.1, 0.15) is 43.7 Å². The van der Waals surface area contributed by atoms with E-state index in [9.17, 15) is 9.59 Å². The molecular weight excluding hydrogens is 306 g/mol. The highest BCUT2D eigenvalue weighted by atomic mass is 16.6. The molecule has 124 valence electrons. The number of carbonyl (C=O) groups is 2. The molecule has 2 heterocycles. The second-order valence-electron chi connectivity index (χ2n) is 7.31. The first-order valence-electron chi connectivity index (χ1n) is 8.48. The minimum absolute atomic E-state index is 0.0458. The zero-order valence-corrected chi connectivity index (χ0v) is 13.8. The van der Waals surface area contributed by atoms with Crippen molar-refractivity contribution < 1.29 is 19.1 Å². The number of amides is 1. The Morgan fingerprint density at radius 1 is 1.42 bits per heavy atom. The monoisotopic (exact) mass is 325 g/mol. The zero-order chi connectivity index (χ0) is 16.7. The van der Waals surface area contributed by atoms with Gasteiger partial charge in [0.15, 0.2) is 11.5 Å². The fourth-order valence-corrected chi connectivity index (χ4v) is 5.49. The minimum atomic E-state index is -0.362. The number of ether oxygens (including phenoxy) is 2. The van der Waals surface area contributed by atoms with E-state index in [1.165, 1.54) is 6.92 Å². The largest absolute Gasteiger partial charge is 0.485 e. The Morgan fingerprint density at radius 3 is 3.04 bits per heavy atom. The number of esters is 1. The summed E-state index contributed by atoms with van der Waals surface area (Å²) < 4.78 is 11.7. The lowest BCUT2D eigenvalue weighted by Crippen LogP contribution is -2.61. The van der Waals surface area contributed by atoms with E-state index >= 15 is 0 Å². The maximum atomic E-state index is 12.7. The van der Waals surface area contributed by atoms with Crippen LogP contribution in [0.5, 0.6) is 11.5 Å². The maximum absolute atomic E-state index is 12.7. The number of benzene rings is 1. The van der Waals surface area contributed by atoms with Crippen molar-refractivity contribution >= 4 is 18.0 Å². The van der Waals surface area contributed by atoms with Gasteiger partial charge in [-0.3, -0.25) is 9.59 Å². The molecule has 0 aromatic heterocycles. The standard InChI is InChI=1S/C19H19NO4/c1-11(21)23-13-6-5-12-7-9-18-8-3-4-14-19(18,10-15(22)20(18)2)16(12)17(13)24-14/h5-7,9,14H,3-4,8,10H2,1-2H3/t14-,18?,19+/m0/s1. The summed E-state index contributed by atoms with van der Waals surface area (Å²) in [5.41, 5.74) is 1.46. The van der Waals surface area contributed by atoms with Crippen molar-refractivity contribution in [3.8, 4) is 11.5 Å². The number of hydrogen-bond donors (Lipinski definition) is 0. The lowest BCUT2D eigenvalue weighted by atomic mass is 9.55. The van der Waals surface area contributed by atoms with Crippen molar-refractivity contribution in [1.82, 2.24) is 4.90 Å². The normalized spacial score (nSPS) is 34.7. The molecule has 1 aromatic rings. The van der Waals surface area contributed by atoms with Crippen LogP contribution in [0, 0.1) is 0 Å². The summed E-state index contributed by atoms with van der Waals surface area (Å²) in [6.07, 6.45) is 7.60. The Hall–Kier alpha value is -2.30. The third kappa shape index (κ3) is 1.34. The molecule has 1 saturated heterocycles. The highest BCUT2D eigenvalue weighted by molar-refractivity contribution is 5.88. The predicted molar refractivity (Wildman–Crippen MR) is 86.8 cm³/mol. The molecule has 2 aliphatic heterocycles. The highest BCUT2D eigenvalue weighted by Crippen LogP contribution is 2.66. The maximum Gasteiger partial charge on any atom is 0.308 e. The third-order valence-electron chi connectivity index (χ3n) is 6.40. The molecule has 3 atom stereocenters. The Bertz CT molecular complexity index is 829. The van der Waals surface area contributed by atoms with Crippen molar-refractivity contribution in [2.75, 3.05) is 7.05 Å². The smallest absolute Gasteiger partial charge is 0.308 e. The molecule has 5 rings (SSSR count). The molecule has 1 aromatic carbocycles. The first kappa shape index (κ1) is 14.1. The van der Waals surface area contributed by atoms with Gasteiger partial charge in [-0.2, -0.15) is 0 Å². The summed E-state index contributed by atoms with van der Waals surface area (Å²) in [7, 11) is 1.91. The molecule has 0 N–H and O–H groups in total. The van der Waals surface area contributed by atoms with Gasteiger partial charge < -0.3 is 14.4 Å². The number of carbonyl (C=O) groups excluding carboxylic acids is 2. The fourth-order valence-electron chi connectivity index (χ4n) is 5.49. The number of nitrogens with zero attached hydrogens (tertiary/aromatic N) is 1. The first-order valence-corrected chi connectivity index (χ1v) is 8.48. The van der Waals surface area contributed by atoms with E-state index in [0.29, 0.717) is 17.9 Å². The van der Waals surface area contributed by atoms with Crippen molar-refractivity contribution in [1.29, 1.82) is 0 Å². The highest BCUT2D eigenvalue weighted by Gasteiger charge is 2.71. The molecular formula is C19H19NO4. The van der Waals surface area contributed by atoms with Gasteiger partial charge in [-0.25, -0.2) is 0 Å². The van der Waals surface area contributed by atoms with E-state index in [-0.39, 0.29) is 28.9 Å². The summed E-state index contributed by atoms with van der Waals surface area (Å²) >= 11 is 0. The number of hydrogen-bond acceptors (Lipinski definition) is 4. The van der Waals surface area contributed by atoms with E-state index in [1.807, 2.05) is 18.0 Å². The lowest BCUT2D eigenvalue weighted by Gasteiger charge is -2.52. The molecule has 0 bridgehead atoms. The van der Waals surface area contributed by atoms with Crippen molar-refractivity contribution in [3.05, 3.63) is 29.3 Å². The van der Waals surface area contributed by atoms with E-state index < -0.39 is 0 Å². The number of likely N-dealkylation sites (tertiary alicyclic amines) is 1. The van der Waals surface area contributed by atoms with E-state index in [2.05, 4.69) is 12.2 Å². The van der Waals surface area contributed by atoms with Gasteiger partial charge in [-0.15, -0.1) is 0 Å². The van der Waals surface area contributed by atoms with Gasteiger partial charge in [0, 0.05) is 26.0 Å². The fraction of sp³-hybridized carbons (Fsp3) is 0.474. The van der Waals surface area contributed by atoms with Gasteiger partial charge in [-0.1, -0.05) is 18.2 Å². The Morgan fingerprint density at radius 2 is 2.25 bits per heavy atom. The van der Waals surface area contributed by atoms with Gasteiger partial charge in [-0.05, 0) is 30.9 Å². The first-order chi connectivity index (χ1) is 11.5. The van der Waals surface area contributed by atoms with E-state index in [1.54, 1.807) is 6.07 Å². The molecule has 5 nitrogen and oxygen atoms in total. The molecule has 4 aliphatic rings. The van der Waals surface area contributed by atoms with Crippen LogP contribution in [0.3, 0.4) is 0 Å². The molecule has 5 heteroatoms. The quantitative estimate of drug-likeness (QED) is 0.588. The van der Waals surface area contributed by atoms with Crippen LogP contribution in [0.25, 0.3) is 6.08 Å². The molecule has 1 saturated carbocycles. The van der Waals surface area contributed by atoms with E-state index in [0.717, 1.165) is 30.4 Å². The van der Waals surface area contributed by atoms with Crippen LogP contribution in [0.15, 0.2) is 18.2 Å². The summed E-state index contributed by atoms with van der Waals surface area (Å²) in [5.74, 6) is 0.927. The summed E-state index contributed by atoms with van der Waals surface area (Å²) in [4.78, 5) is 26.1. The average molecular weight is 325 g/mol. The summed E-state index contributed by atoms with van der Waals surface area (Å²) in [5, 5.41) is 0. The van der Waals surface area contributed by atoms with Crippen LogP contribution in [-0.2, 0) is 15.0 Å². The van der Waals surface area contributed by atoms with Crippen molar-refractivity contribution in [2.45, 2.75) is 49.7 Å².